The average Bonchev–Trinajstić information content (AvgIpc) is 2.28. The van der Waals surface area contributed by atoms with E-state index in [0.29, 0.717) is 17.9 Å². The van der Waals surface area contributed by atoms with E-state index in [1.54, 1.807) is 31.4 Å². The van der Waals surface area contributed by atoms with Crippen LogP contribution in [0.25, 0.3) is 0 Å². The minimum Gasteiger partial charge on any atom is -0.497 e. The fourth-order valence-corrected chi connectivity index (χ4v) is 1.52. The van der Waals surface area contributed by atoms with Crippen molar-refractivity contribution in [1.82, 2.24) is 0 Å². The molecule has 0 aliphatic rings. The maximum Gasteiger partial charge on any atom is 0.118 e. The van der Waals surface area contributed by atoms with Gasteiger partial charge >= 0.3 is 0 Å². The predicted octanol–water partition coefficient (Wildman–Crippen LogP) is 1.72. The molecular formula is C11H15ClO3. The number of hydrogen-bond acceptors (Lipinski definition) is 3. The first-order valence-electron chi connectivity index (χ1n) is 4.75. The maximum absolute atomic E-state index is 9.73. The first-order chi connectivity index (χ1) is 7.19. The third kappa shape index (κ3) is 3.38. The molecule has 0 aromatic heterocycles. The second-order valence-corrected chi connectivity index (χ2v) is 3.64. The normalized spacial score (nSPS) is 14.7. The van der Waals surface area contributed by atoms with E-state index < -0.39 is 12.2 Å². The molecule has 0 aliphatic heterocycles. The van der Waals surface area contributed by atoms with Crippen molar-refractivity contribution >= 4 is 11.6 Å². The van der Waals surface area contributed by atoms with E-state index in [2.05, 4.69) is 0 Å². The van der Waals surface area contributed by atoms with Gasteiger partial charge in [-0.05, 0) is 24.1 Å². The Morgan fingerprint density at radius 3 is 2.33 bits per heavy atom. The molecule has 2 unspecified atom stereocenters. The quantitative estimate of drug-likeness (QED) is 0.758. The number of hydrogen-bond donors (Lipinski definition) is 2. The Balaban J connectivity index is 2.69. The van der Waals surface area contributed by atoms with Crippen molar-refractivity contribution in [1.29, 1.82) is 0 Å². The summed E-state index contributed by atoms with van der Waals surface area (Å²) in [5, 5.41) is 19.3. The molecule has 0 heterocycles. The van der Waals surface area contributed by atoms with Crippen LogP contribution in [0.1, 0.15) is 18.1 Å². The highest BCUT2D eigenvalue weighted by atomic mass is 35.5. The molecular weight excluding hydrogens is 216 g/mol. The van der Waals surface area contributed by atoms with Crippen LogP contribution < -0.4 is 4.74 Å². The average molecular weight is 231 g/mol. The number of alkyl halides is 1. The Kier molecular flexibility index (Phi) is 4.88. The van der Waals surface area contributed by atoms with Gasteiger partial charge in [0.15, 0.2) is 0 Å². The van der Waals surface area contributed by atoms with E-state index in [-0.39, 0.29) is 0 Å². The van der Waals surface area contributed by atoms with Crippen molar-refractivity contribution in [2.75, 3.05) is 13.0 Å². The molecule has 1 aromatic carbocycles. The van der Waals surface area contributed by atoms with Gasteiger partial charge in [-0.1, -0.05) is 12.1 Å². The SMILES string of the molecule is COc1ccc(C(O)C(O)CCCl)cc1. The van der Waals surface area contributed by atoms with Crippen molar-refractivity contribution in [3.05, 3.63) is 29.8 Å². The smallest absolute Gasteiger partial charge is 0.118 e. The number of methoxy groups -OCH3 is 1. The summed E-state index contributed by atoms with van der Waals surface area (Å²) < 4.78 is 4.99. The van der Waals surface area contributed by atoms with Gasteiger partial charge in [0.05, 0.1) is 13.2 Å². The number of rotatable bonds is 5. The largest absolute Gasteiger partial charge is 0.497 e. The van der Waals surface area contributed by atoms with E-state index in [1.165, 1.54) is 0 Å². The fourth-order valence-electron chi connectivity index (χ4n) is 1.29. The number of benzene rings is 1. The van der Waals surface area contributed by atoms with E-state index >= 15 is 0 Å². The van der Waals surface area contributed by atoms with E-state index in [1.807, 2.05) is 0 Å². The topological polar surface area (TPSA) is 49.7 Å². The molecule has 0 saturated heterocycles. The summed E-state index contributed by atoms with van der Waals surface area (Å²) in [4.78, 5) is 0. The predicted molar refractivity (Wildman–Crippen MR) is 59.3 cm³/mol. The van der Waals surface area contributed by atoms with Crippen LogP contribution in [0.15, 0.2) is 24.3 Å². The summed E-state index contributed by atoms with van der Waals surface area (Å²) in [6, 6.07) is 6.93. The lowest BCUT2D eigenvalue weighted by atomic mass is 10.0. The van der Waals surface area contributed by atoms with Gasteiger partial charge in [0, 0.05) is 5.88 Å². The van der Waals surface area contributed by atoms with Gasteiger partial charge in [-0.25, -0.2) is 0 Å². The number of aliphatic hydroxyl groups excluding tert-OH is 2. The Labute approximate surface area is 94.3 Å². The lowest BCUT2D eigenvalue weighted by molar-refractivity contribution is 0.0170. The maximum atomic E-state index is 9.73. The second-order valence-electron chi connectivity index (χ2n) is 3.26. The Morgan fingerprint density at radius 1 is 1.27 bits per heavy atom. The van der Waals surface area contributed by atoms with Gasteiger partial charge < -0.3 is 14.9 Å². The van der Waals surface area contributed by atoms with Gasteiger partial charge in [0.2, 0.25) is 0 Å². The summed E-state index contributed by atoms with van der Waals surface area (Å²) in [5.41, 5.74) is 0.661. The molecule has 0 radical (unpaired) electrons. The van der Waals surface area contributed by atoms with Crippen LogP contribution in [0, 0.1) is 0 Å². The van der Waals surface area contributed by atoms with Crippen LogP contribution in [0.4, 0.5) is 0 Å². The van der Waals surface area contributed by atoms with Gasteiger partial charge in [0.1, 0.15) is 11.9 Å². The molecule has 2 N–H and O–H groups in total. The van der Waals surface area contributed by atoms with E-state index in [9.17, 15) is 10.2 Å². The summed E-state index contributed by atoms with van der Waals surface area (Å²) >= 11 is 5.48. The zero-order valence-corrected chi connectivity index (χ0v) is 9.31. The molecule has 15 heavy (non-hydrogen) atoms. The van der Waals surface area contributed by atoms with Crippen molar-refractivity contribution in [2.24, 2.45) is 0 Å². The monoisotopic (exact) mass is 230 g/mol. The van der Waals surface area contributed by atoms with Crippen molar-refractivity contribution in [3.63, 3.8) is 0 Å². The lowest BCUT2D eigenvalue weighted by Gasteiger charge is -2.17. The number of halogens is 1. The number of ether oxygens (including phenoxy) is 1. The molecule has 2 atom stereocenters. The molecule has 0 bridgehead atoms. The molecule has 0 fully saturated rings. The second kappa shape index (κ2) is 5.95. The molecule has 0 saturated carbocycles. The molecule has 3 nitrogen and oxygen atoms in total. The molecule has 0 amide bonds. The Bertz CT molecular complexity index is 286. The van der Waals surface area contributed by atoms with Crippen molar-refractivity contribution in [2.45, 2.75) is 18.6 Å². The zero-order chi connectivity index (χ0) is 11.3. The third-order valence-electron chi connectivity index (χ3n) is 2.23. The van der Waals surface area contributed by atoms with Crippen LogP contribution in [0.5, 0.6) is 5.75 Å². The summed E-state index contributed by atoms with van der Waals surface area (Å²) in [7, 11) is 1.58. The highest BCUT2D eigenvalue weighted by molar-refractivity contribution is 6.17. The van der Waals surface area contributed by atoms with Gasteiger partial charge in [-0.2, -0.15) is 0 Å². The molecule has 0 spiro atoms. The first-order valence-corrected chi connectivity index (χ1v) is 5.28. The lowest BCUT2D eigenvalue weighted by Crippen LogP contribution is -2.18. The first kappa shape index (κ1) is 12.3. The molecule has 4 heteroatoms. The molecule has 1 rings (SSSR count). The Hall–Kier alpha value is -0.770. The van der Waals surface area contributed by atoms with Crippen molar-refractivity contribution < 1.29 is 14.9 Å². The third-order valence-corrected chi connectivity index (χ3v) is 2.44. The molecule has 0 aliphatic carbocycles. The van der Waals surface area contributed by atoms with Gasteiger partial charge in [-0.15, -0.1) is 11.6 Å². The Morgan fingerprint density at radius 2 is 1.87 bits per heavy atom. The van der Waals surface area contributed by atoms with Gasteiger partial charge in [0.25, 0.3) is 0 Å². The summed E-state index contributed by atoms with van der Waals surface area (Å²) in [6.07, 6.45) is -1.35. The summed E-state index contributed by atoms with van der Waals surface area (Å²) in [5.74, 6) is 1.05. The van der Waals surface area contributed by atoms with Crippen LogP contribution >= 0.6 is 11.6 Å². The van der Waals surface area contributed by atoms with Crippen LogP contribution in [-0.4, -0.2) is 29.3 Å². The highest BCUT2D eigenvalue weighted by Gasteiger charge is 2.17. The molecule has 1 aromatic rings. The van der Waals surface area contributed by atoms with E-state index in [0.717, 1.165) is 5.75 Å². The minimum atomic E-state index is -0.894. The van der Waals surface area contributed by atoms with Crippen molar-refractivity contribution in [3.8, 4) is 5.75 Å². The molecule has 84 valence electrons. The standard InChI is InChI=1S/C11H15ClO3/c1-15-9-4-2-8(3-5-9)11(14)10(13)6-7-12/h2-5,10-11,13-14H,6-7H2,1H3. The van der Waals surface area contributed by atoms with Crippen LogP contribution in [0.3, 0.4) is 0 Å². The fraction of sp³-hybridized carbons (Fsp3) is 0.455. The van der Waals surface area contributed by atoms with E-state index in [4.69, 9.17) is 16.3 Å². The van der Waals surface area contributed by atoms with Crippen LogP contribution in [0.2, 0.25) is 0 Å². The van der Waals surface area contributed by atoms with Gasteiger partial charge in [-0.3, -0.25) is 0 Å². The highest BCUT2D eigenvalue weighted by Crippen LogP contribution is 2.21. The summed E-state index contributed by atoms with van der Waals surface area (Å²) in [6.45, 7) is 0. The number of aliphatic hydroxyl groups is 2. The zero-order valence-electron chi connectivity index (χ0n) is 8.56. The van der Waals surface area contributed by atoms with Crippen LogP contribution in [-0.2, 0) is 0 Å². The minimum absolute atomic E-state index is 0.328.